The van der Waals surface area contributed by atoms with Gasteiger partial charge in [-0.25, -0.2) is 0 Å². The molecule has 0 saturated carbocycles. The Hall–Kier alpha value is -2.89. The van der Waals surface area contributed by atoms with E-state index in [0.29, 0.717) is 5.69 Å². The number of pyridine rings is 1. The van der Waals surface area contributed by atoms with Gasteiger partial charge in [0.15, 0.2) is 0 Å². The number of aromatic nitrogens is 1. The van der Waals surface area contributed by atoms with Gasteiger partial charge in [0.05, 0.1) is 0 Å². The van der Waals surface area contributed by atoms with Crippen molar-refractivity contribution in [3.8, 4) is 0 Å². The van der Waals surface area contributed by atoms with Gasteiger partial charge in [0.25, 0.3) is 5.91 Å². The highest BCUT2D eigenvalue weighted by Gasteiger charge is 2.19. The average molecular weight is 338 g/mol. The fraction of sp³-hybridized carbons (Fsp3) is 0.316. The van der Waals surface area contributed by atoms with Crippen LogP contribution >= 0.6 is 0 Å². The van der Waals surface area contributed by atoms with E-state index in [9.17, 15) is 9.59 Å². The molecule has 1 fully saturated rings. The zero-order valence-corrected chi connectivity index (χ0v) is 14.3. The molecule has 2 heterocycles. The van der Waals surface area contributed by atoms with Crippen molar-refractivity contribution in [2.75, 3.05) is 23.7 Å². The molecule has 1 saturated heterocycles. The maximum absolute atomic E-state index is 12.6. The first-order valence-electron chi connectivity index (χ1n) is 8.52. The summed E-state index contributed by atoms with van der Waals surface area (Å²) < 4.78 is 0. The molecule has 1 aliphatic heterocycles. The highest BCUT2D eigenvalue weighted by atomic mass is 16.2. The first kappa shape index (κ1) is 17.0. The van der Waals surface area contributed by atoms with Crippen molar-refractivity contribution in [1.29, 1.82) is 0 Å². The Balaban J connectivity index is 1.73. The highest BCUT2D eigenvalue weighted by molar-refractivity contribution is 5.93. The molecule has 2 N–H and O–H groups in total. The Bertz CT molecular complexity index is 770. The fourth-order valence-electron chi connectivity index (χ4n) is 2.93. The zero-order valence-electron chi connectivity index (χ0n) is 14.3. The number of carbonyl (C=O) groups excluding carboxylic acids is 2. The van der Waals surface area contributed by atoms with Crippen LogP contribution in [0.5, 0.6) is 0 Å². The SMILES string of the molecule is CC(=O)Nc1cccc(Nc2ccnc(C(=O)N3CCCCC3)c2)c1. The molecule has 2 aromatic rings. The molecule has 3 rings (SSSR count). The van der Waals surface area contributed by atoms with E-state index in [0.717, 1.165) is 43.0 Å². The predicted molar refractivity (Wildman–Crippen MR) is 98.0 cm³/mol. The van der Waals surface area contributed by atoms with Crippen molar-refractivity contribution in [3.05, 3.63) is 48.3 Å². The normalized spacial score (nSPS) is 14.0. The number of likely N-dealkylation sites (tertiary alicyclic amines) is 1. The number of benzene rings is 1. The number of anilines is 3. The Morgan fingerprint density at radius 3 is 2.48 bits per heavy atom. The van der Waals surface area contributed by atoms with Crippen LogP contribution in [0.4, 0.5) is 17.1 Å². The molecule has 1 aliphatic rings. The van der Waals surface area contributed by atoms with Gasteiger partial charge in [-0.1, -0.05) is 6.07 Å². The van der Waals surface area contributed by atoms with Crippen LogP contribution in [0.2, 0.25) is 0 Å². The lowest BCUT2D eigenvalue weighted by Gasteiger charge is -2.26. The summed E-state index contributed by atoms with van der Waals surface area (Å²) in [5, 5.41) is 6.01. The van der Waals surface area contributed by atoms with E-state index in [2.05, 4.69) is 15.6 Å². The van der Waals surface area contributed by atoms with E-state index in [1.807, 2.05) is 35.2 Å². The molecule has 0 radical (unpaired) electrons. The van der Waals surface area contributed by atoms with Crippen molar-refractivity contribution in [2.45, 2.75) is 26.2 Å². The summed E-state index contributed by atoms with van der Waals surface area (Å²) >= 11 is 0. The van der Waals surface area contributed by atoms with Gasteiger partial charge in [-0.15, -0.1) is 0 Å². The summed E-state index contributed by atoms with van der Waals surface area (Å²) in [4.78, 5) is 29.8. The van der Waals surface area contributed by atoms with E-state index in [1.54, 1.807) is 12.3 Å². The number of nitrogens with one attached hydrogen (secondary N) is 2. The summed E-state index contributed by atoms with van der Waals surface area (Å²) in [6, 6.07) is 11.0. The Morgan fingerprint density at radius 1 is 1.00 bits per heavy atom. The van der Waals surface area contributed by atoms with E-state index in [4.69, 9.17) is 0 Å². The molecule has 0 aliphatic carbocycles. The molecular weight excluding hydrogens is 316 g/mol. The van der Waals surface area contributed by atoms with Gasteiger partial charge in [-0.3, -0.25) is 14.6 Å². The molecular formula is C19H22N4O2. The topological polar surface area (TPSA) is 74.3 Å². The number of amides is 2. The second-order valence-corrected chi connectivity index (χ2v) is 6.17. The maximum Gasteiger partial charge on any atom is 0.272 e. The summed E-state index contributed by atoms with van der Waals surface area (Å²) in [5.41, 5.74) is 2.78. The second kappa shape index (κ2) is 7.79. The van der Waals surface area contributed by atoms with Crippen molar-refractivity contribution in [1.82, 2.24) is 9.88 Å². The lowest BCUT2D eigenvalue weighted by molar-refractivity contribution is -0.114. The number of rotatable bonds is 4. The zero-order chi connectivity index (χ0) is 17.6. The fourth-order valence-corrected chi connectivity index (χ4v) is 2.93. The summed E-state index contributed by atoms with van der Waals surface area (Å²) in [5.74, 6) is -0.133. The largest absolute Gasteiger partial charge is 0.355 e. The van der Waals surface area contributed by atoms with Crippen molar-refractivity contribution in [3.63, 3.8) is 0 Å². The maximum atomic E-state index is 12.6. The molecule has 25 heavy (non-hydrogen) atoms. The van der Waals surface area contributed by atoms with Gasteiger partial charge in [0.1, 0.15) is 5.69 Å². The van der Waals surface area contributed by atoms with Crippen molar-refractivity contribution < 1.29 is 9.59 Å². The van der Waals surface area contributed by atoms with Gasteiger partial charge in [0, 0.05) is 43.3 Å². The standard InChI is InChI=1S/C19H22N4O2/c1-14(24)21-15-6-5-7-16(12-15)22-17-8-9-20-18(13-17)19(25)23-10-3-2-4-11-23/h5-9,12-13H,2-4,10-11H2,1H3,(H,20,22)(H,21,24). The molecule has 0 spiro atoms. The number of nitrogens with zero attached hydrogens (tertiary/aromatic N) is 2. The van der Waals surface area contributed by atoms with E-state index >= 15 is 0 Å². The Labute approximate surface area is 147 Å². The van der Waals surface area contributed by atoms with E-state index in [-0.39, 0.29) is 11.8 Å². The molecule has 6 heteroatoms. The average Bonchev–Trinajstić information content (AvgIpc) is 2.62. The molecule has 0 atom stereocenters. The van der Waals surface area contributed by atoms with Gasteiger partial charge >= 0.3 is 0 Å². The third-order valence-electron chi connectivity index (χ3n) is 4.09. The van der Waals surface area contributed by atoms with Crippen LogP contribution in [0, 0.1) is 0 Å². The minimum Gasteiger partial charge on any atom is -0.355 e. The number of carbonyl (C=O) groups is 2. The first-order chi connectivity index (χ1) is 12.1. The van der Waals surface area contributed by atoms with Gasteiger partial charge in [-0.05, 0) is 49.6 Å². The van der Waals surface area contributed by atoms with Gasteiger partial charge < -0.3 is 15.5 Å². The lowest BCUT2D eigenvalue weighted by Crippen LogP contribution is -2.36. The van der Waals surface area contributed by atoms with Crippen LogP contribution in [0.25, 0.3) is 0 Å². The summed E-state index contributed by atoms with van der Waals surface area (Å²) in [6.07, 6.45) is 4.93. The number of hydrogen-bond donors (Lipinski definition) is 2. The van der Waals surface area contributed by atoms with Crippen LogP contribution in [0.1, 0.15) is 36.7 Å². The number of hydrogen-bond acceptors (Lipinski definition) is 4. The van der Waals surface area contributed by atoms with Crippen LogP contribution in [0.15, 0.2) is 42.6 Å². The summed E-state index contributed by atoms with van der Waals surface area (Å²) in [6.45, 7) is 3.08. The van der Waals surface area contributed by atoms with Crippen LogP contribution in [-0.2, 0) is 4.79 Å². The lowest BCUT2D eigenvalue weighted by atomic mass is 10.1. The predicted octanol–water partition coefficient (Wildman–Crippen LogP) is 3.41. The molecule has 0 bridgehead atoms. The molecule has 2 amide bonds. The monoisotopic (exact) mass is 338 g/mol. The first-order valence-corrected chi connectivity index (χ1v) is 8.52. The van der Waals surface area contributed by atoms with Crippen LogP contribution < -0.4 is 10.6 Å². The van der Waals surface area contributed by atoms with Gasteiger partial charge in [-0.2, -0.15) is 0 Å². The minimum absolute atomic E-state index is 0.0182. The molecule has 6 nitrogen and oxygen atoms in total. The quantitative estimate of drug-likeness (QED) is 0.896. The molecule has 130 valence electrons. The van der Waals surface area contributed by atoms with E-state index < -0.39 is 0 Å². The van der Waals surface area contributed by atoms with Crippen molar-refractivity contribution >= 4 is 28.9 Å². The Kier molecular flexibility index (Phi) is 5.28. The second-order valence-electron chi connectivity index (χ2n) is 6.17. The summed E-state index contributed by atoms with van der Waals surface area (Å²) in [7, 11) is 0. The third kappa shape index (κ3) is 4.56. The minimum atomic E-state index is -0.115. The molecule has 1 aromatic carbocycles. The number of piperidine rings is 1. The third-order valence-corrected chi connectivity index (χ3v) is 4.09. The van der Waals surface area contributed by atoms with Crippen molar-refractivity contribution in [2.24, 2.45) is 0 Å². The van der Waals surface area contributed by atoms with E-state index in [1.165, 1.54) is 13.3 Å². The molecule has 0 unspecified atom stereocenters. The Morgan fingerprint density at radius 2 is 1.72 bits per heavy atom. The smallest absolute Gasteiger partial charge is 0.272 e. The molecule has 1 aromatic heterocycles. The van der Waals surface area contributed by atoms with Crippen LogP contribution in [0.3, 0.4) is 0 Å². The highest BCUT2D eigenvalue weighted by Crippen LogP contribution is 2.21. The van der Waals surface area contributed by atoms with Crippen LogP contribution in [-0.4, -0.2) is 34.8 Å². The van der Waals surface area contributed by atoms with Gasteiger partial charge in [0.2, 0.25) is 5.91 Å².